The SMILES string of the molecule is O=C(NCC1CCCN1c1nccs1)c1cccc(NS(=O)(=O)c2cccc(F)c2)c1. The van der Waals surface area contributed by atoms with Gasteiger partial charge in [0, 0.05) is 42.0 Å². The molecule has 1 atom stereocenters. The number of benzene rings is 2. The van der Waals surface area contributed by atoms with Gasteiger partial charge in [-0.05, 0) is 49.2 Å². The summed E-state index contributed by atoms with van der Waals surface area (Å²) in [4.78, 5) is 19.0. The molecule has 1 saturated heterocycles. The fourth-order valence-electron chi connectivity index (χ4n) is 3.54. The van der Waals surface area contributed by atoms with E-state index in [-0.39, 0.29) is 22.5 Å². The number of carbonyl (C=O) groups excluding carboxylic acids is 1. The van der Waals surface area contributed by atoms with Crippen molar-refractivity contribution in [3.8, 4) is 0 Å². The second kappa shape index (κ2) is 9.03. The molecule has 2 aromatic carbocycles. The van der Waals surface area contributed by atoms with E-state index in [2.05, 4.69) is 19.9 Å². The van der Waals surface area contributed by atoms with Gasteiger partial charge in [-0.2, -0.15) is 0 Å². The summed E-state index contributed by atoms with van der Waals surface area (Å²) >= 11 is 1.57. The fraction of sp³-hybridized carbons (Fsp3) is 0.238. The molecule has 1 aromatic heterocycles. The molecule has 0 spiro atoms. The quantitative estimate of drug-likeness (QED) is 0.563. The van der Waals surface area contributed by atoms with Crippen LogP contribution in [0.15, 0.2) is 65.0 Å². The Kier molecular flexibility index (Phi) is 6.19. The van der Waals surface area contributed by atoms with Gasteiger partial charge in [0.15, 0.2) is 5.13 Å². The Balaban J connectivity index is 1.41. The van der Waals surface area contributed by atoms with E-state index in [0.717, 1.165) is 30.6 Å². The molecule has 0 aliphatic carbocycles. The van der Waals surface area contributed by atoms with Crippen molar-refractivity contribution >= 4 is 38.1 Å². The molecule has 1 aliphatic heterocycles. The van der Waals surface area contributed by atoms with Crippen molar-refractivity contribution in [2.24, 2.45) is 0 Å². The van der Waals surface area contributed by atoms with Crippen LogP contribution in [0.5, 0.6) is 0 Å². The lowest BCUT2D eigenvalue weighted by molar-refractivity contribution is 0.0951. The average Bonchev–Trinajstić information content (AvgIpc) is 3.43. The van der Waals surface area contributed by atoms with Crippen LogP contribution in [0, 0.1) is 5.82 Å². The van der Waals surface area contributed by atoms with Crippen molar-refractivity contribution in [3.05, 3.63) is 71.5 Å². The topological polar surface area (TPSA) is 91.4 Å². The maximum Gasteiger partial charge on any atom is 0.261 e. The Morgan fingerprint density at radius 2 is 2.06 bits per heavy atom. The van der Waals surface area contributed by atoms with E-state index in [1.54, 1.807) is 29.7 Å². The first kappa shape index (κ1) is 21.3. The van der Waals surface area contributed by atoms with Gasteiger partial charge in [0.05, 0.1) is 4.90 Å². The molecule has 162 valence electrons. The summed E-state index contributed by atoms with van der Waals surface area (Å²) in [7, 11) is -3.97. The Labute approximate surface area is 184 Å². The second-order valence-electron chi connectivity index (χ2n) is 7.16. The number of amides is 1. The molecule has 0 bridgehead atoms. The minimum absolute atomic E-state index is 0.171. The third-order valence-corrected chi connectivity index (χ3v) is 7.21. The van der Waals surface area contributed by atoms with Crippen LogP contribution in [-0.4, -0.2) is 38.4 Å². The number of aromatic nitrogens is 1. The van der Waals surface area contributed by atoms with Crippen molar-refractivity contribution in [2.45, 2.75) is 23.8 Å². The van der Waals surface area contributed by atoms with Crippen LogP contribution in [0.1, 0.15) is 23.2 Å². The summed E-state index contributed by atoms with van der Waals surface area (Å²) in [6, 6.07) is 11.1. The largest absolute Gasteiger partial charge is 0.350 e. The highest BCUT2D eigenvalue weighted by Crippen LogP contribution is 2.27. The number of sulfonamides is 1. The fourth-order valence-corrected chi connectivity index (χ4v) is 5.36. The highest BCUT2D eigenvalue weighted by atomic mass is 32.2. The molecule has 2 N–H and O–H groups in total. The summed E-state index contributed by atoms with van der Waals surface area (Å²) in [6.07, 6.45) is 3.77. The number of thiazole rings is 1. The molecule has 1 aliphatic rings. The number of hydrogen-bond donors (Lipinski definition) is 2. The number of rotatable bonds is 7. The van der Waals surface area contributed by atoms with E-state index in [9.17, 15) is 17.6 Å². The van der Waals surface area contributed by atoms with Gasteiger partial charge < -0.3 is 10.2 Å². The summed E-state index contributed by atoms with van der Waals surface area (Å²) < 4.78 is 40.8. The molecule has 4 rings (SSSR count). The maximum absolute atomic E-state index is 13.4. The van der Waals surface area contributed by atoms with Gasteiger partial charge in [0.1, 0.15) is 5.82 Å². The standard InChI is InChI=1S/C21H21FN4O3S2/c22-16-5-2-8-19(13-16)31(28,29)25-17-6-1-4-15(12-17)20(27)24-14-18-7-3-10-26(18)21-23-9-11-30-21/h1-2,4-6,8-9,11-13,18,25H,3,7,10,14H2,(H,24,27). The monoisotopic (exact) mass is 460 g/mol. The molecule has 2 heterocycles. The minimum atomic E-state index is -3.97. The van der Waals surface area contributed by atoms with Crippen LogP contribution >= 0.6 is 11.3 Å². The Bertz CT molecular complexity index is 1170. The van der Waals surface area contributed by atoms with Gasteiger partial charge in [-0.3, -0.25) is 9.52 Å². The van der Waals surface area contributed by atoms with E-state index >= 15 is 0 Å². The van der Waals surface area contributed by atoms with Gasteiger partial charge in [0.25, 0.3) is 15.9 Å². The zero-order valence-electron chi connectivity index (χ0n) is 16.5. The number of carbonyl (C=O) groups is 1. The third kappa shape index (κ3) is 5.02. The van der Waals surface area contributed by atoms with Crippen LogP contribution in [0.25, 0.3) is 0 Å². The smallest absolute Gasteiger partial charge is 0.261 e. The maximum atomic E-state index is 13.4. The minimum Gasteiger partial charge on any atom is -0.350 e. The molecule has 1 fully saturated rings. The predicted octanol–water partition coefficient (Wildman–Crippen LogP) is 3.48. The normalized spacial score (nSPS) is 16.3. The van der Waals surface area contributed by atoms with Gasteiger partial charge in [-0.25, -0.2) is 17.8 Å². The lowest BCUT2D eigenvalue weighted by atomic mass is 10.1. The number of halogens is 1. The van der Waals surface area contributed by atoms with Crippen LogP contribution < -0.4 is 14.9 Å². The molecule has 7 nitrogen and oxygen atoms in total. The van der Waals surface area contributed by atoms with Crippen molar-refractivity contribution < 1.29 is 17.6 Å². The van der Waals surface area contributed by atoms with E-state index in [0.29, 0.717) is 12.1 Å². The molecule has 10 heteroatoms. The van der Waals surface area contributed by atoms with Crippen LogP contribution in [-0.2, 0) is 10.0 Å². The molecule has 0 saturated carbocycles. The Morgan fingerprint density at radius 3 is 2.84 bits per heavy atom. The van der Waals surface area contributed by atoms with Gasteiger partial charge >= 0.3 is 0 Å². The zero-order valence-corrected chi connectivity index (χ0v) is 18.1. The summed E-state index contributed by atoms with van der Waals surface area (Å²) in [6.45, 7) is 1.38. The van der Waals surface area contributed by atoms with Gasteiger partial charge in [-0.1, -0.05) is 12.1 Å². The Morgan fingerprint density at radius 1 is 1.23 bits per heavy atom. The second-order valence-corrected chi connectivity index (χ2v) is 9.71. The summed E-state index contributed by atoms with van der Waals surface area (Å²) in [5.41, 5.74) is 0.556. The first-order valence-electron chi connectivity index (χ1n) is 9.75. The van der Waals surface area contributed by atoms with Crippen molar-refractivity contribution in [1.82, 2.24) is 10.3 Å². The van der Waals surface area contributed by atoms with Gasteiger partial charge in [-0.15, -0.1) is 11.3 Å². The highest BCUT2D eigenvalue weighted by Gasteiger charge is 2.26. The molecule has 1 amide bonds. The van der Waals surface area contributed by atoms with E-state index in [1.807, 2.05) is 5.38 Å². The van der Waals surface area contributed by atoms with E-state index < -0.39 is 15.8 Å². The molecular weight excluding hydrogens is 439 g/mol. The molecular formula is C21H21FN4O3S2. The summed E-state index contributed by atoms with van der Waals surface area (Å²) in [5, 5.41) is 5.81. The lowest BCUT2D eigenvalue weighted by Gasteiger charge is -2.24. The molecule has 31 heavy (non-hydrogen) atoms. The highest BCUT2D eigenvalue weighted by molar-refractivity contribution is 7.92. The lowest BCUT2D eigenvalue weighted by Crippen LogP contribution is -2.40. The third-order valence-electron chi connectivity index (χ3n) is 5.02. The predicted molar refractivity (Wildman–Crippen MR) is 118 cm³/mol. The first-order chi connectivity index (χ1) is 14.9. The first-order valence-corrected chi connectivity index (χ1v) is 12.1. The van der Waals surface area contributed by atoms with E-state index in [1.165, 1.54) is 30.3 Å². The Hall–Kier alpha value is -2.98. The molecule has 3 aromatic rings. The van der Waals surface area contributed by atoms with E-state index in [4.69, 9.17) is 0 Å². The van der Waals surface area contributed by atoms with Crippen molar-refractivity contribution in [1.29, 1.82) is 0 Å². The van der Waals surface area contributed by atoms with Gasteiger partial charge in [0.2, 0.25) is 0 Å². The zero-order chi connectivity index (χ0) is 21.8. The summed E-state index contributed by atoms with van der Waals surface area (Å²) in [5.74, 6) is -0.937. The number of anilines is 2. The van der Waals surface area contributed by atoms with Crippen molar-refractivity contribution in [3.63, 3.8) is 0 Å². The number of nitrogens with one attached hydrogen (secondary N) is 2. The number of hydrogen-bond acceptors (Lipinski definition) is 6. The number of nitrogens with zero attached hydrogens (tertiary/aromatic N) is 2. The van der Waals surface area contributed by atoms with Crippen molar-refractivity contribution in [2.75, 3.05) is 22.7 Å². The molecule has 1 unspecified atom stereocenters. The molecule has 0 radical (unpaired) electrons. The van der Waals surface area contributed by atoms with Crippen LogP contribution in [0.2, 0.25) is 0 Å². The van der Waals surface area contributed by atoms with Crippen LogP contribution in [0.3, 0.4) is 0 Å². The average molecular weight is 461 g/mol. The van der Waals surface area contributed by atoms with Crippen LogP contribution in [0.4, 0.5) is 15.2 Å².